The van der Waals surface area contributed by atoms with E-state index in [0.717, 1.165) is 22.5 Å². The Labute approximate surface area is 166 Å². The van der Waals surface area contributed by atoms with E-state index in [2.05, 4.69) is 5.32 Å². The summed E-state index contributed by atoms with van der Waals surface area (Å²) in [6.07, 6.45) is -2.22. The minimum absolute atomic E-state index is 0.0551. The second kappa shape index (κ2) is 8.66. The molecule has 2 aromatic carbocycles. The number of hydrogen-bond donors (Lipinski definition) is 1. The Balaban J connectivity index is 2.25. The zero-order valence-corrected chi connectivity index (χ0v) is 16.6. The Morgan fingerprint density at radius 2 is 1.83 bits per heavy atom. The summed E-state index contributed by atoms with van der Waals surface area (Å²) < 4.78 is 68.9. The zero-order valence-electron chi connectivity index (χ0n) is 15.8. The first-order valence-electron chi connectivity index (χ1n) is 8.22. The molecule has 0 aromatic heterocycles. The number of sulfonamides is 1. The van der Waals surface area contributed by atoms with E-state index in [1.165, 1.54) is 57.6 Å². The number of halogens is 3. The molecule has 29 heavy (non-hydrogen) atoms. The molecule has 2 rings (SSSR count). The third-order valence-corrected chi connectivity index (χ3v) is 5.66. The van der Waals surface area contributed by atoms with Crippen molar-refractivity contribution in [3.8, 4) is 5.75 Å². The van der Waals surface area contributed by atoms with Crippen LogP contribution in [0.2, 0.25) is 0 Å². The predicted molar refractivity (Wildman–Crippen MR) is 103 cm³/mol. The van der Waals surface area contributed by atoms with Gasteiger partial charge in [-0.15, -0.1) is 0 Å². The van der Waals surface area contributed by atoms with Crippen molar-refractivity contribution < 1.29 is 31.1 Å². The van der Waals surface area contributed by atoms with Crippen LogP contribution >= 0.6 is 0 Å². The van der Waals surface area contributed by atoms with E-state index >= 15 is 0 Å². The van der Waals surface area contributed by atoms with E-state index < -0.39 is 27.7 Å². The lowest BCUT2D eigenvalue weighted by Crippen LogP contribution is -2.22. The Morgan fingerprint density at radius 3 is 2.41 bits per heavy atom. The Morgan fingerprint density at radius 1 is 1.14 bits per heavy atom. The molecule has 6 nitrogen and oxygen atoms in total. The summed E-state index contributed by atoms with van der Waals surface area (Å²) in [6, 6.07) is 8.46. The van der Waals surface area contributed by atoms with Crippen LogP contribution in [-0.4, -0.2) is 39.8 Å². The summed E-state index contributed by atoms with van der Waals surface area (Å²) >= 11 is 0. The number of ether oxygens (including phenoxy) is 1. The van der Waals surface area contributed by atoms with Gasteiger partial charge in [-0.25, -0.2) is 12.7 Å². The normalized spacial score (nSPS) is 12.4. The maximum Gasteiger partial charge on any atom is 0.416 e. The van der Waals surface area contributed by atoms with Crippen molar-refractivity contribution in [3.05, 3.63) is 59.7 Å². The van der Waals surface area contributed by atoms with Gasteiger partial charge in [0.2, 0.25) is 15.9 Å². The molecule has 2 aromatic rings. The van der Waals surface area contributed by atoms with Crippen LogP contribution in [0, 0.1) is 0 Å². The molecule has 0 aliphatic heterocycles. The van der Waals surface area contributed by atoms with E-state index in [-0.39, 0.29) is 21.9 Å². The standard InChI is InChI=1S/C19H19F3N2O4S/c1-24(2)29(26,27)15-8-9-17(28-3)16(12-15)23-18(25)10-7-13-5-4-6-14(11-13)19(20,21)22/h4-12H,1-3H3,(H,23,25)/b10-7+. The Hall–Kier alpha value is -2.85. The quantitative estimate of drug-likeness (QED) is 0.714. The van der Waals surface area contributed by atoms with Gasteiger partial charge < -0.3 is 10.1 Å². The smallest absolute Gasteiger partial charge is 0.416 e. The molecule has 0 spiro atoms. The monoisotopic (exact) mass is 428 g/mol. The highest BCUT2D eigenvalue weighted by Crippen LogP contribution is 2.30. The number of carbonyl (C=O) groups excluding carboxylic acids is 1. The van der Waals surface area contributed by atoms with Gasteiger partial charge in [0.25, 0.3) is 0 Å². The molecule has 156 valence electrons. The molecule has 0 saturated carbocycles. The number of rotatable bonds is 6. The zero-order chi connectivity index (χ0) is 21.8. The van der Waals surface area contributed by atoms with Gasteiger partial charge >= 0.3 is 6.18 Å². The highest BCUT2D eigenvalue weighted by molar-refractivity contribution is 7.89. The molecule has 0 fully saturated rings. The number of nitrogens with one attached hydrogen (secondary N) is 1. The highest BCUT2D eigenvalue weighted by Gasteiger charge is 2.30. The van der Waals surface area contributed by atoms with Crippen LogP contribution in [0.15, 0.2) is 53.4 Å². The van der Waals surface area contributed by atoms with Crippen LogP contribution < -0.4 is 10.1 Å². The lowest BCUT2D eigenvalue weighted by molar-refractivity contribution is -0.137. The van der Waals surface area contributed by atoms with E-state index in [1.54, 1.807) is 0 Å². The number of alkyl halides is 3. The van der Waals surface area contributed by atoms with Crippen molar-refractivity contribution in [2.75, 3.05) is 26.5 Å². The highest BCUT2D eigenvalue weighted by atomic mass is 32.2. The van der Waals surface area contributed by atoms with Crippen molar-refractivity contribution in [2.45, 2.75) is 11.1 Å². The first kappa shape index (κ1) is 22.4. The fourth-order valence-electron chi connectivity index (χ4n) is 2.32. The van der Waals surface area contributed by atoms with Crippen molar-refractivity contribution >= 4 is 27.7 Å². The molecule has 0 bridgehead atoms. The second-order valence-corrected chi connectivity index (χ2v) is 8.25. The molecule has 0 heterocycles. The van der Waals surface area contributed by atoms with E-state index in [1.807, 2.05) is 0 Å². The summed E-state index contributed by atoms with van der Waals surface area (Å²) in [7, 11) is 0.360. The molecular weight excluding hydrogens is 409 g/mol. The summed E-state index contributed by atoms with van der Waals surface area (Å²) in [6.45, 7) is 0. The average molecular weight is 428 g/mol. The molecule has 0 saturated heterocycles. The van der Waals surface area contributed by atoms with Crippen molar-refractivity contribution in [1.29, 1.82) is 0 Å². The van der Waals surface area contributed by atoms with Gasteiger partial charge in [0.05, 0.1) is 23.3 Å². The van der Waals surface area contributed by atoms with Gasteiger partial charge in [-0.2, -0.15) is 13.2 Å². The third kappa shape index (κ3) is 5.58. The van der Waals surface area contributed by atoms with Gasteiger partial charge in [-0.1, -0.05) is 12.1 Å². The van der Waals surface area contributed by atoms with E-state index in [9.17, 15) is 26.4 Å². The van der Waals surface area contributed by atoms with Gasteiger partial charge in [-0.3, -0.25) is 4.79 Å². The average Bonchev–Trinajstić information content (AvgIpc) is 2.65. The lowest BCUT2D eigenvalue weighted by Gasteiger charge is -2.14. The van der Waals surface area contributed by atoms with Crippen molar-refractivity contribution in [1.82, 2.24) is 4.31 Å². The van der Waals surface area contributed by atoms with Crippen LogP contribution in [0.5, 0.6) is 5.75 Å². The van der Waals surface area contributed by atoms with Crippen LogP contribution in [0.4, 0.5) is 18.9 Å². The summed E-state index contributed by atoms with van der Waals surface area (Å²) in [4.78, 5) is 12.1. The number of hydrogen-bond acceptors (Lipinski definition) is 4. The van der Waals surface area contributed by atoms with Crippen LogP contribution in [0.3, 0.4) is 0 Å². The minimum Gasteiger partial charge on any atom is -0.495 e. The van der Waals surface area contributed by atoms with Gasteiger partial charge in [0.1, 0.15) is 5.75 Å². The molecule has 0 atom stereocenters. The Kier molecular flexibility index (Phi) is 6.70. The molecule has 10 heteroatoms. The van der Waals surface area contributed by atoms with E-state index in [4.69, 9.17) is 4.74 Å². The van der Waals surface area contributed by atoms with Crippen molar-refractivity contribution in [2.24, 2.45) is 0 Å². The molecule has 0 unspecified atom stereocenters. The number of carbonyl (C=O) groups is 1. The number of amides is 1. The van der Waals surface area contributed by atoms with Gasteiger partial charge in [0, 0.05) is 20.2 Å². The second-order valence-electron chi connectivity index (χ2n) is 6.10. The topological polar surface area (TPSA) is 75.7 Å². The van der Waals surface area contributed by atoms with Gasteiger partial charge in [0.15, 0.2) is 0 Å². The lowest BCUT2D eigenvalue weighted by atomic mass is 10.1. The van der Waals surface area contributed by atoms with Crippen LogP contribution in [0.25, 0.3) is 6.08 Å². The maximum atomic E-state index is 12.8. The van der Waals surface area contributed by atoms with Crippen LogP contribution in [0.1, 0.15) is 11.1 Å². The summed E-state index contributed by atoms with van der Waals surface area (Å²) in [5.74, 6) is -0.441. The number of nitrogens with zero attached hydrogens (tertiary/aromatic N) is 1. The molecule has 1 N–H and O–H groups in total. The van der Waals surface area contributed by atoms with Gasteiger partial charge in [-0.05, 0) is 42.0 Å². The molecule has 0 radical (unpaired) electrons. The van der Waals surface area contributed by atoms with Crippen molar-refractivity contribution in [3.63, 3.8) is 0 Å². The number of methoxy groups -OCH3 is 1. The first-order chi connectivity index (χ1) is 13.4. The summed E-state index contributed by atoms with van der Waals surface area (Å²) in [5, 5.41) is 2.47. The summed E-state index contributed by atoms with van der Waals surface area (Å²) in [5.41, 5.74) is -0.539. The minimum atomic E-state index is -4.49. The van der Waals surface area contributed by atoms with E-state index in [0.29, 0.717) is 0 Å². The maximum absolute atomic E-state index is 12.8. The fraction of sp³-hybridized carbons (Fsp3) is 0.211. The number of benzene rings is 2. The molecule has 0 aliphatic carbocycles. The first-order valence-corrected chi connectivity index (χ1v) is 9.66. The largest absolute Gasteiger partial charge is 0.495 e. The predicted octanol–water partition coefficient (Wildman–Crippen LogP) is 3.62. The molecular formula is C19H19F3N2O4S. The molecule has 0 aliphatic rings. The van der Waals surface area contributed by atoms with Crippen LogP contribution in [-0.2, 0) is 21.0 Å². The Bertz CT molecular complexity index is 1030. The SMILES string of the molecule is COc1ccc(S(=O)(=O)N(C)C)cc1NC(=O)/C=C/c1cccc(C(F)(F)F)c1. The third-order valence-electron chi connectivity index (χ3n) is 3.85. The number of anilines is 1. The fourth-order valence-corrected chi connectivity index (χ4v) is 3.25. The molecule has 1 amide bonds.